The van der Waals surface area contributed by atoms with Gasteiger partial charge in [-0.25, -0.2) is 0 Å². The van der Waals surface area contributed by atoms with Gasteiger partial charge >= 0.3 is 0 Å². The summed E-state index contributed by atoms with van der Waals surface area (Å²) in [5, 5.41) is 2.77. The van der Waals surface area contributed by atoms with Crippen LogP contribution >= 0.6 is 0 Å². The molecule has 0 aromatic heterocycles. The number of anilines is 1. The van der Waals surface area contributed by atoms with Gasteiger partial charge in [-0.1, -0.05) is 12.1 Å². The molecule has 1 aromatic carbocycles. The first-order valence-corrected chi connectivity index (χ1v) is 7.13. The van der Waals surface area contributed by atoms with E-state index in [-0.39, 0.29) is 18.1 Å². The van der Waals surface area contributed by atoms with Crippen molar-refractivity contribution in [2.75, 3.05) is 25.0 Å². The van der Waals surface area contributed by atoms with Crippen LogP contribution in [0, 0.1) is 0 Å². The minimum atomic E-state index is -0.549. The number of morpholine rings is 1. The summed E-state index contributed by atoms with van der Waals surface area (Å²) in [6, 6.07) is 6.75. The van der Waals surface area contributed by atoms with Gasteiger partial charge in [-0.3, -0.25) is 9.59 Å². The summed E-state index contributed by atoms with van der Waals surface area (Å²) in [7, 11) is 0. The third-order valence-corrected chi connectivity index (χ3v) is 3.49. The van der Waals surface area contributed by atoms with Gasteiger partial charge in [-0.2, -0.15) is 0 Å². The Morgan fingerprint density at radius 2 is 1.90 bits per heavy atom. The molecule has 0 unspecified atom stereocenters. The molecule has 2 rings (SSSR count). The number of hydrogen-bond donors (Lipinski definition) is 3. The van der Waals surface area contributed by atoms with E-state index in [0.29, 0.717) is 17.8 Å². The SMILES string of the molecule is C[C@@H]1C[NH+](CC(=O)Nc2ccccc2C(N)=O)C[C@@H](C)O1. The molecular weight excluding hydrogens is 270 g/mol. The van der Waals surface area contributed by atoms with Gasteiger partial charge in [0.15, 0.2) is 6.54 Å². The number of amides is 2. The van der Waals surface area contributed by atoms with Gasteiger partial charge in [0.25, 0.3) is 11.8 Å². The number of primary amides is 1. The van der Waals surface area contributed by atoms with Gasteiger partial charge in [0.1, 0.15) is 25.3 Å². The number of carbonyl (C=O) groups excluding carboxylic acids is 2. The Hall–Kier alpha value is -1.92. The highest BCUT2D eigenvalue weighted by molar-refractivity contribution is 6.03. The van der Waals surface area contributed by atoms with Crippen LogP contribution in [0.1, 0.15) is 24.2 Å². The second-order valence-electron chi connectivity index (χ2n) is 5.55. The van der Waals surface area contributed by atoms with Gasteiger partial charge in [0.2, 0.25) is 0 Å². The van der Waals surface area contributed by atoms with Crippen molar-refractivity contribution in [2.24, 2.45) is 5.73 Å². The number of ether oxygens (including phenoxy) is 1. The van der Waals surface area contributed by atoms with Crippen LogP contribution in [0.2, 0.25) is 0 Å². The molecule has 2 amide bonds. The minimum Gasteiger partial charge on any atom is -0.366 e. The summed E-state index contributed by atoms with van der Waals surface area (Å²) in [5.74, 6) is -0.674. The number of quaternary nitrogens is 1. The average molecular weight is 292 g/mol. The molecular formula is C15H22N3O3+. The molecule has 1 aliphatic heterocycles. The minimum absolute atomic E-state index is 0.125. The molecule has 1 heterocycles. The molecule has 0 bridgehead atoms. The Kier molecular flexibility index (Phi) is 4.93. The lowest BCUT2D eigenvalue weighted by atomic mass is 10.1. The topological polar surface area (TPSA) is 85.9 Å². The Morgan fingerprint density at radius 1 is 1.29 bits per heavy atom. The van der Waals surface area contributed by atoms with Gasteiger partial charge in [0, 0.05) is 0 Å². The molecule has 0 aliphatic carbocycles. The van der Waals surface area contributed by atoms with Crippen molar-refractivity contribution >= 4 is 17.5 Å². The quantitative estimate of drug-likeness (QED) is 0.694. The number of rotatable bonds is 4. The molecule has 0 saturated carbocycles. The third-order valence-electron chi connectivity index (χ3n) is 3.49. The van der Waals surface area contributed by atoms with Crippen LogP contribution in [0.3, 0.4) is 0 Å². The lowest BCUT2D eigenvalue weighted by Crippen LogP contribution is -3.16. The number of carbonyl (C=O) groups is 2. The van der Waals surface area contributed by atoms with Crippen LogP contribution < -0.4 is 16.0 Å². The van der Waals surface area contributed by atoms with Gasteiger partial charge < -0.3 is 20.7 Å². The second kappa shape index (κ2) is 6.69. The predicted octanol–water partition coefficient (Wildman–Crippen LogP) is -0.584. The van der Waals surface area contributed by atoms with E-state index >= 15 is 0 Å². The van der Waals surface area contributed by atoms with Crippen LogP contribution in [-0.4, -0.2) is 43.7 Å². The van der Waals surface area contributed by atoms with Crippen LogP contribution in [0.15, 0.2) is 24.3 Å². The lowest BCUT2D eigenvalue weighted by molar-refractivity contribution is -0.907. The fraction of sp³-hybridized carbons (Fsp3) is 0.467. The Morgan fingerprint density at radius 3 is 2.52 bits per heavy atom. The normalized spacial score (nSPS) is 25.3. The van der Waals surface area contributed by atoms with Crippen molar-refractivity contribution in [3.63, 3.8) is 0 Å². The van der Waals surface area contributed by atoms with E-state index in [0.717, 1.165) is 13.1 Å². The smallest absolute Gasteiger partial charge is 0.279 e. The van der Waals surface area contributed by atoms with E-state index in [1.54, 1.807) is 24.3 Å². The standard InChI is InChI=1S/C15H21N3O3/c1-10-7-18(8-11(2)21-10)9-14(19)17-13-6-4-3-5-12(13)15(16)20/h3-6,10-11H,7-9H2,1-2H3,(H2,16,20)(H,17,19)/p+1/t10-,11-/m1/s1. The molecule has 21 heavy (non-hydrogen) atoms. The van der Waals surface area contributed by atoms with Crippen LogP contribution in [0.5, 0.6) is 0 Å². The number of hydrogen-bond acceptors (Lipinski definition) is 3. The van der Waals surface area contributed by atoms with Crippen LogP contribution in [0.25, 0.3) is 0 Å². The molecule has 1 aliphatic rings. The molecule has 1 aromatic rings. The van der Waals surface area contributed by atoms with E-state index in [4.69, 9.17) is 10.5 Å². The van der Waals surface area contributed by atoms with Crippen LogP contribution in [-0.2, 0) is 9.53 Å². The Bertz CT molecular complexity index is 523. The second-order valence-corrected chi connectivity index (χ2v) is 5.55. The zero-order chi connectivity index (χ0) is 15.4. The molecule has 114 valence electrons. The summed E-state index contributed by atoms with van der Waals surface area (Å²) in [6.07, 6.45) is 0.295. The summed E-state index contributed by atoms with van der Waals surface area (Å²) >= 11 is 0. The lowest BCUT2D eigenvalue weighted by Gasteiger charge is -2.31. The van der Waals surface area contributed by atoms with Crippen LogP contribution in [0.4, 0.5) is 5.69 Å². The molecule has 0 spiro atoms. The average Bonchev–Trinajstić information content (AvgIpc) is 2.37. The maximum Gasteiger partial charge on any atom is 0.279 e. The zero-order valence-corrected chi connectivity index (χ0v) is 12.4. The highest BCUT2D eigenvalue weighted by Crippen LogP contribution is 2.13. The number of para-hydroxylation sites is 1. The fourth-order valence-electron chi connectivity index (χ4n) is 2.76. The first-order valence-electron chi connectivity index (χ1n) is 7.13. The predicted molar refractivity (Wildman–Crippen MR) is 79.2 cm³/mol. The maximum atomic E-state index is 12.1. The molecule has 0 radical (unpaired) electrons. The summed E-state index contributed by atoms with van der Waals surface area (Å²) in [5.41, 5.74) is 6.08. The summed E-state index contributed by atoms with van der Waals surface area (Å²) in [6.45, 7) is 5.97. The Labute approximate surface area is 124 Å². The number of nitrogens with one attached hydrogen (secondary N) is 2. The van der Waals surface area contributed by atoms with Crippen molar-refractivity contribution in [1.82, 2.24) is 0 Å². The number of benzene rings is 1. The maximum absolute atomic E-state index is 12.1. The first-order chi connectivity index (χ1) is 9.95. The fourth-order valence-corrected chi connectivity index (χ4v) is 2.76. The van der Waals surface area contributed by atoms with Gasteiger partial charge in [-0.15, -0.1) is 0 Å². The highest BCUT2D eigenvalue weighted by Gasteiger charge is 2.27. The van der Waals surface area contributed by atoms with E-state index in [9.17, 15) is 9.59 Å². The first kappa shape index (κ1) is 15.5. The third kappa shape index (κ3) is 4.27. The van der Waals surface area contributed by atoms with E-state index < -0.39 is 5.91 Å². The monoisotopic (exact) mass is 292 g/mol. The zero-order valence-electron chi connectivity index (χ0n) is 12.4. The largest absolute Gasteiger partial charge is 0.366 e. The molecule has 1 fully saturated rings. The molecule has 1 saturated heterocycles. The van der Waals surface area contributed by atoms with Crippen molar-refractivity contribution < 1.29 is 19.2 Å². The van der Waals surface area contributed by atoms with E-state index in [2.05, 4.69) is 5.32 Å². The van der Waals surface area contributed by atoms with E-state index in [1.165, 1.54) is 4.90 Å². The van der Waals surface area contributed by atoms with Crippen molar-refractivity contribution in [3.05, 3.63) is 29.8 Å². The summed E-state index contributed by atoms with van der Waals surface area (Å²) in [4.78, 5) is 24.6. The van der Waals surface area contributed by atoms with Crippen molar-refractivity contribution in [2.45, 2.75) is 26.1 Å². The summed E-state index contributed by atoms with van der Waals surface area (Å²) < 4.78 is 5.65. The van der Waals surface area contributed by atoms with Crippen molar-refractivity contribution in [3.8, 4) is 0 Å². The van der Waals surface area contributed by atoms with E-state index in [1.807, 2.05) is 13.8 Å². The number of nitrogens with two attached hydrogens (primary N) is 1. The molecule has 6 nitrogen and oxygen atoms in total. The highest BCUT2D eigenvalue weighted by atomic mass is 16.5. The Balaban J connectivity index is 1.97. The van der Waals surface area contributed by atoms with Gasteiger partial charge in [-0.05, 0) is 26.0 Å². The molecule has 2 atom stereocenters. The molecule has 4 N–H and O–H groups in total. The van der Waals surface area contributed by atoms with Crippen molar-refractivity contribution in [1.29, 1.82) is 0 Å². The van der Waals surface area contributed by atoms with Gasteiger partial charge in [0.05, 0.1) is 11.3 Å². The molecule has 6 heteroatoms.